The normalized spacial score (nSPS) is 15.2. The first kappa shape index (κ1) is 28.7. The van der Waals surface area contributed by atoms with Crippen LogP contribution in [0.2, 0.25) is 0 Å². The molecule has 0 aliphatic carbocycles. The molecular weight excluding hydrogens is 514 g/mol. The highest BCUT2D eigenvalue weighted by atomic mass is 16.5. The minimum atomic E-state index is -1.00. The van der Waals surface area contributed by atoms with Crippen molar-refractivity contribution in [3.8, 4) is 11.5 Å². The van der Waals surface area contributed by atoms with Crippen LogP contribution in [0.1, 0.15) is 40.6 Å². The van der Waals surface area contributed by atoms with E-state index in [1.807, 2.05) is 30.3 Å². The maximum absolute atomic E-state index is 13.8. The molecule has 212 valence electrons. The van der Waals surface area contributed by atoms with E-state index < -0.39 is 17.9 Å². The van der Waals surface area contributed by atoms with E-state index >= 15 is 0 Å². The van der Waals surface area contributed by atoms with E-state index in [9.17, 15) is 14.4 Å². The third-order valence-corrected chi connectivity index (χ3v) is 6.76. The van der Waals surface area contributed by atoms with Crippen LogP contribution in [0.4, 0.5) is 0 Å². The fraction of sp³-hybridized carbons (Fsp3) is 0.367. The van der Waals surface area contributed by atoms with Gasteiger partial charge in [-0.15, -0.1) is 0 Å². The van der Waals surface area contributed by atoms with Crippen LogP contribution in [0.15, 0.2) is 71.3 Å². The summed E-state index contributed by atoms with van der Waals surface area (Å²) in [5.41, 5.74) is 1.55. The minimum Gasteiger partial charge on any atom is -0.493 e. The summed E-state index contributed by atoms with van der Waals surface area (Å²) in [5.74, 6) is -0.290. The van der Waals surface area contributed by atoms with E-state index in [0.717, 1.165) is 18.4 Å². The van der Waals surface area contributed by atoms with Gasteiger partial charge in [0, 0.05) is 19.7 Å². The van der Waals surface area contributed by atoms with Crippen molar-refractivity contribution in [1.29, 1.82) is 0 Å². The molecule has 0 saturated carbocycles. The van der Waals surface area contributed by atoms with Crippen molar-refractivity contribution in [3.05, 3.63) is 83.8 Å². The van der Waals surface area contributed by atoms with E-state index in [1.54, 1.807) is 24.3 Å². The summed E-state index contributed by atoms with van der Waals surface area (Å²) >= 11 is 0. The van der Waals surface area contributed by atoms with Gasteiger partial charge in [0.25, 0.3) is 5.91 Å². The van der Waals surface area contributed by atoms with Crippen molar-refractivity contribution in [2.75, 3.05) is 40.5 Å². The third kappa shape index (κ3) is 7.41. The molecule has 1 saturated heterocycles. The number of carbonyl (C=O) groups excluding carboxylic acids is 3. The Labute approximate surface area is 233 Å². The van der Waals surface area contributed by atoms with Crippen LogP contribution >= 0.6 is 0 Å². The van der Waals surface area contributed by atoms with Crippen LogP contribution in [0.5, 0.6) is 11.5 Å². The van der Waals surface area contributed by atoms with E-state index in [-0.39, 0.29) is 30.9 Å². The van der Waals surface area contributed by atoms with E-state index in [0.29, 0.717) is 36.6 Å². The minimum absolute atomic E-state index is 0.0731. The van der Waals surface area contributed by atoms with Crippen LogP contribution in [-0.4, -0.2) is 69.2 Å². The lowest BCUT2D eigenvalue weighted by Crippen LogP contribution is -2.49. The van der Waals surface area contributed by atoms with Crippen molar-refractivity contribution in [3.63, 3.8) is 0 Å². The number of amides is 3. The number of furan rings is 1. The van der Waals surface area contributed by atoms with E-state index in [2.05, 4.69) is 10.6 Å². The Hall–Kier alpha value is -4.31. The Bertz CT molecular complexity index is 1260. The molecule has 1 fully saturated rings. The summed E-state index contributed by atoms with van der Waals surface area (Å²) in [4.78, 5) is 41.5. The van der Waals surface area contributed by atoms with Gasteiger partial charge >= 0.3 is 0 Å². The Morgan fingerprint density at radius 1 is 1.00 bits per heavy atom. The quantitative estimate of drug-likeness (QED) is 0.336. The van der Waals surface area contributed by atoms with Gasteiger partial charge in [0.15, 0.2) is 17.3 Å². The predicted molar refractivity (Wildman–Crippen MR) is 147 cm³/mol. The first-order valence-corrected chi connectivity index (χ1v) is 13.3. The molecule has 3 aromatic rings. The zero-order chi connectivity index (χ0) is 28.3. The molecule has 2 unspecified atom stereocenters. The van der Waals surface area contributed by atoms with Crippen molar-refractivity contribution in [2.24, 2.45) is 0 Å². The Balaban J connectivity index is 1.63. The molecule has 0 radical (unpaired) electrons. The SMILES string of the molecule is COc1ccc(C(C(=O)NCC2CCCO2)N(CCc2ccccc2)C(=O)CNC(=O)c2ccco2)cc1OC. The standard InChI is InChI=1S/C30H35N3O7/c1-37-24-13-12-22(18-26(24)38-2)28(30(36)31-19-23-10-6-16-39-23)33(15-14-21-8-4-3-5-9-21)27(34)20-32-29(35)25-11-7-17-40-25/h3-5,7-9,11-13,17-18,23,28H,6,10,14-16,19-20H2,1-2H3,(H,31,36)(H,32,35). The lowest BCUT2D eigenvalue weighted by molar-refractivity contribution is -0.140. The van der Waals surface area contributed by atoms with Gasteiger partial charge in [0.1, 0.15) is 6.04 Å². The summed E-state index contributed by atoms with van der Waals surface area (Å²) in [6.45, 7) is 0.901. The number of carbonyl (C=O) groups is 3. The molecule has 0 spiro atoms. The van der Waals surface area contributed by atoms with Gasteiger partial charge in [-0.1, -0.05) is 36.4 Å². The molecule has 3 amide bonds. The van der Waals surface area contributed by atoms with Gasteiger partial charge in [0.05, 0.1) is 33.1 Å². The second-order valence-electron chi connectivity index (χ2n) is 9.38. The molecule has 1 aliphatic rings. The summed E-state index contributed by atoms with van der Waals surface area (Å²) in [6.07, 6.45) is 3.61. The van der Waals surface area contributed by atoms with Crippen molar-refractivity contribution < 1.29 is 33.0 Å². The second kappa shape index (κ2) is 14.2. The summed E-state index contributed by atoms with van der Waals surface area (Å²) < 4.78 is 21.7. The first-order valence-electron chi connectivity index (χ1n) is 13.3. The van der Waals surface area contributed by atoms with Crippen molar-refractivity contribution in [1.82, 2.24) is 15.5 Å². The number of rotatable bonds is 13. The van der Waals surface area contributed by atoms with Crippen LogP contribution < -0.4 is 20.1 Å². The van der Waals surface area contributed by atoms with Gasteiger partial charge < -0.3 is 34.2 Å². The number of ether oxygens (including phenoxy) is 3. The molecule has 1 aromatic heterocycles. The average Bonchev–Trinajstić information content (AvgIpc) is 3.72. The molecular formula is C30H35N3O7. The second-order valence-corrected chi connectivity index (χ2v) is 9.38. The maximum Gasteiger partial charge on any atom is 0.287 e. The Morgan fingerprint density at radius 3 is 2.48 bits per heavy atom. The van der Waals surface area contributed by atoms with E-state index in [1.165, 1.54) is 31.4 Å². The number of methoxy groups -OCH3 is 2. The highest BCUT2D eigenvalue weighted by molar-refractivity contribution is 5.95. The number of nitrogens with one attached hydrogen (secondary N) is 2. The molecule has 2 atom stereocenters. The molecule has 40 heavy (non-hydrogen) atoms. The summed E-state index contributed by atoms with van der Waals surface area (Å²) in [6, 6.07) is 16.9. The average molecular weight is 550 g/mol. The smallest absolute Gasteiger partial charge is 0.287 e. The third-order valence-electron chi connectivity index (χ3n) is 6.76. The monoisotopic (exact) mass is 549 g/mol. The number of nitrogens with zero attached hydrogens (tertiary/aromatic N) is 1. The van der Waals surface area contributed by atoms with Crippen molar-refractivity contribution in [2.45, 2.75) is 31.4 Å². The lowest BCUT2D eigenvalue weighted by Gasteiger charge is -2.32. The van der Waals surface area contributed by atoms with Crippen molar-refractivity contribution >= 4 is 17.7 Å². The molecule has 10 heteroatoms. The Kier molecular flexibility index (Phi) is 10.2. The zero-order valence-electron chi connectivity index (χ0n) is 22.8. The van der Waals surface area contributed by atoms with Crippen LogP contribution in [0, 0.1) is 0 Å². The van der Waals surface area contributed by atoms with Gasteiger partial charge in [-0.05, 0) is 54.7 Å². The number of benzene rings is 2. The van der Waals surface area contributed by atoms with Crippen LogP contribution in [-0.2, 0) is 20.7 Å². The number of hydrogen-bond donors (Lipinski definition) is 2. The molecule has 0 bridgehead atoms. The molecule has 10 nitrogen and oxygen atoms in total. The highest BCUT2D eigenvalue weighted by Crippen LogP contribution is 2.32. The van der Waals surface area contributed by atoms with Gasteiger partial charge in [0.2, 0.25) is 11.8 Å². The first-order chi connectivity index (χ1) is 19.5. The number of hydrogen-bond acceptors (Lipinski definition) is 7. The summed E-state index contributed by atoms with van der Waals surface area (Å²) in [5, 5.41) is 5.58. The largest absolute Gasteiger partial charge is 0.493 e. The van der Waals surface area contributed by atoms with Crippen LogP contribution in [0.3, 0.4) is 0 Å². The lowest BCUT2D eigenvalue weighted by atomic mass is 10.0. The molecule has 4 rings (SSSR count). The fourth-order valence-electron chi connectivity index (χ4n) is 4.66. The Morgan fingerprint density at radius 2 is 1.80 bits per heavy atom. The fourth-order valence-corrected chi connectivity index (χ4v) is 4.66. The molecule has 1 aliphatic heterocycles. The maximum atomic E-state index is 13.8. The zero-order valence-corrected chi connectivity index (χ0v) is 22.8. The summed E-state index contributed by atoms with van der Waals surface area (Å²) in [7, 11) is 3.04. The predicted octanol–water partition coefficient (Wildman–Crippen LogP) is 3.13. The van der Waals surface area contributed by atoms with Crippen LogP contribution in [0.25, 0.3) is 0 Å². The van der Waals surface area contributed by atoms with Gasteiger partial charge in [-0.3, -0.25) is 14.4 Å². The van der Waals surface area contributed by atoms with E-state index in [4.69, 9.17) is 18.6 Å². The molecule has 2 N–H and O–H groups in total. The van der Waals surface area contributed by atoms with Gasteiger partial charge in [-0.2, -0.15) is 0 Å². The van der Waals surface area contributed by atoms with Gasteiger partial charge in [-0.25, -0.2) is 0 Å². The topological polar surface area (TPSA) is 119 Å². The highest BCUT2D eigenvalue weighted by Gasteiger charge is 2.33. The molecule has 2 aromatic carbocycles. The molecule has 2 heterocycles.